The van der Waals surface area contributed by atoms with Gasteiger partial charge in [0.25, 0.3) is 0 Å². The van der Waals surface area contributed by atoms with Gasteiger partial charge in [-0.3, -0.25) is 0 Å². The van der Waals surface area contributed by atoms with E-state index in [0.717, 1.165) is 38.5 Å². The molecular weight excluding hydrogens is 250 g/mol. The third kappa shape index (κ3) is 5.51. The van der Waals surface area contributed by atoms with Crippen LogP contribution in [0.5, 0.6) is 5.75 Å². The number of rotatable bonds is 8. The summed E-state index contributed by atoms with van der Waals surface area (Å²) in [5.41, 5.74) is 1.30. The Morgan fingerprint density at radius 3 is 2.75 bits per heavy atom. The highest BCUT2D eigenvalue weighted by Crippen LogP contribution is 2.17. The van der Waals surface area contributed by atoms with E-state index in [0.29, 0.717) is 12.0 Å². The van der Waals surface area contributed by atoms with Crippen LogP contribution < -0.4 is 10.1 Å². The van der Waals surface area contributed by atoms with Gasteiger partial charge in [-0.05, 0) is 43.0 Å². The molecule has 3 heteroatoms. The van der Waals surface area contributed by atoms with E-state index in [4.69, 9.17) is 9.47 Å². The molecule has 1 fully saturated rings. The molecule has 0 saturated carbocycles. The predicted molar refractivity (Wildman–Crippen MR) is 82.1 cm³/mol. The van der Waals surface area contributed by atoms with Gasteiger partial charge in [-0.25, -0.2) is 0 Å². The summed E-state index contributed by atoms with van der Waals surface area (Å²) >= 11 is 0. The molecule has 1 saturated heterocycles. The van der Waals surface area contributed by atoms with Crippen LogP contribution in [-0.2, 0) is 11.3 Å². The Labute approximate surface area is 122 Å². The molecule has 1 aliphatic heterocycles. The predicted octanol–water partition coefficient (Wildman–Crippen LogP) is 3.38. The van der Waals surface area contributed by atoms with Crippen LogP contribution in [0.15, 0.2) is 24.3 Å². The Bertz CT molecular complexity index is 369. The van der Waals surface area contributed by atoms with Crippen LogP contribution in [0.3, 0.4) is 0 Å². The summed E-state index contributed by atoms with van der Waals surface area (Å²) < 4.78 is 11.4. The third-order valence-electron chi connectivity index (χ3n) is 3.54. The number of ether oxygens (including phenoxy) is 2. The molecule has 20 heavy (non-hydrogen) atoms. The lowest BCUT2D eigenvalue weighted by Gasteiger charge is -2.11. The van der Waals surface area contributed by atoms with Gasteiger partial charge >= 0.3 is 0 Å². The molecule has 0 aromatic heterocycles. The van der Waals surface area contributed by atoms with Gasteiger partial charge in [0.05, 0.1) is 12.7 Å². The van der Waals surface area contributed by atoms with Crippen LogP contribution in [0.4, 0.5) is 0 Å². The summed E-state index contributed by atoms with van der Waals surface area (Å²) in [5.74, 6) is 1.64. The van der Waals surface area contributed by atoms with Crippen molar-refractivity contribution >= 4 is 0 Å². The van der Waals surface area contributed by atoms with E-state index < -0.39 is 0 Å². The molecule has 1 heterocycles. The summed E-state index contributed by atoms with van der Waals surface area (Å²) in [7, 11) is 0. The maximum atomic E-state index is 5.77. The van der Waals surface area contributed by atoms with Crippen LogP contribution in [0.2, 0.25) is 0 Å². The molecule has 0 radical (unpaired) electrons. The number of hydrogen-bond acceptors (Lipinski definition) is 3. The summed E-state index contributed by atoms with van der Waals surface area (Å²) in [4.78, 5) is 0. The fourth-order valence-electron chi connectivity index (χ4n) is 2.39. The van der Waals surface area contributed by atoms with Crippen molar-refractivity contribution in [2.24, 2.45) is 5.92 Å². The number of hydrogen-bond donors (Lipinski definition) is 1. The average Bonchev–Trinajstić information content (AvgIpc) is 2.93. The average molecular weight is 277 g/mol. The van der Waals surface area contributed by atoms with Crippen LogP contribution in [0, 0.1) is 5.92 Å². The highest BCUT2D eigenvalue weighted by atomic mass is 16.5. The molecular formula is C17H27NO2. The van der Waals surface area contributed by atoms with E-state index in [9.17, 15) is 0 Å². The highest BCUT2D eigenvalue weighted by molar-refractivity contribution is 5.27. The lowest BCUT2D eigenvalue weighted by atomic mass is 10.2. The zero-order valence-corrected chi connectivity index (χ0v) is 12.7. The summed E-state index contributed by atoms with van der Waals surface area (Å²) in [6, 6.07) is 8.38. The number of nitrogens with one attached hydrogen (secondary N) is 1. The third-order valence-corrected chi connectivity index (χ3v) is 3.54. The molecule has 0 spiro atoms. The quantitative estimate of drug-likeness (QED) is 0.790. The SMILES string of the molecule is CC(C)CNCc1ccc(OCCC2CCCO2)cc1. The van der Waals surface area contributed by atoms with E-state index >= 15 is 0 Å². The first-order chi connectivity index (χ1) is 9.74. The van der Waals surface area contributed by atoms with E-state index in [1.807, 2.05) is 0 Å². The van der Waals surface area contributed by atoms with Crippen LogP contribution in [0.1, 0.15) is 38.7 Å². The van der Waals surface area contributed by atoms with Gasteiger partial charge in [0.1, 0.15) is 5.75 Å². The molecule has 0 amide bonds. The first-order valence-electron chi connectivity index (χ1n) is 7.78. The van der Waals surface area contributed by atoms with E-state index in [-0.39, 0.29) is 0 Å². The van der Waals surface area contributed by atoms with Gasteiger partial charge in [-0.2, -0.15) is 0 Å². The van der Waals surface area contributed by atoms with Crippen molar-refractivity contribution in [1.82, 2.24) is 5.32 Å². The standard InChI is InChI=1S/C17H27NO2/c1-14(2)12-18-13-15-5-7-17(8-6-15)20-11-9-16-4-3-10-19-16/h5-8,14,16,18H,3-4,9-13H2,1-2H3. The normalized spacial score (nSPS) is 18.6. The van der Waals surface area contributed by atoms with Crippen LogP contribution >= 0.6 is 0 Å². The first-order valence-corrected chi connectivity index (χ1v) is 7.78. The Balaban J connectivity index is 1.65. The Morgan fingerprint density at radius 2 is 2.10 bits per heavy atom. The maximum absolute atomic E-state index is 5.77. The molecule has 1 aromatic rings. The minimum atomic E-state index is 0.412. The van der Waals surface area contributed by atoms with Crippen molar-refractivity contribution in [3.63, 3.8) is 0 Å². The largest absolute Gasteiger partial charge is 0.493 e. The Kier molecular flexibility index (Phi) is 6.34. The van der Waals surface area contributed by atoms with Crippen molar-refractivity contribution in [3.05, 3.63) is 29.8 Å². The molecule has 2 rings (SSSR count). The zero-order valence-electron chi connectivity index (χ0n) is 12.7. The fourth-order valence-corrected chi connectivity index (χ4v) is 2.39. The van der Waals surface area contributed by atoms with Crippen LogP contribution in [0.25, 0.3) is 0 Å². The topological polar surface area (TPSA) is 30.5 Å². The van der Waals surface area contributed by atoms with Crippen molar-refractivity contribution in [2.45, 2.75) is 45.8 Å². The molecule has 1 N–H and O–H groups in total. The van der Waals surface area contributed by atoms with Crippen molar-refractivity contribution in [1.29, 1.82) is 0 Å². The molecule has 0 aliphatic carbocycles. The lowest BCUT2D eigenvalue weighted by molar-refractivity contribution is 0.0903. The van der Waals surface area contributed by atoms with Gasteiger partial charge in [-0.15, -0.1) is 0 Å². The summed E-state index contributed by atoms with van der Waals surface area (Å²) in [6.07, 6.45) is 3.79. The molecule has 1 aromatic carbocycles. The second kappa shape index (κ2) is 8.28. The summed E-state index contributed by atoms with van der Waals surface area (Å²) in [6.45, 7) is 8.09. The summed E-state index contributed by atoms with van der Waals surface area (Å²) in [5, 5.41) is 3.44. The van der Waals surface area contributed by atoms with Gasteiger partial charge in [0.2, 0.25) is 0 Å². The number of benzene rings is 1. The minimum Gasteiger partial charge on any atom is -0.493 e. The van der Waals surface area contributed by atoms with Crippen LogP contribution in [-0.4, -0.2) is 25.9 Å². The van der Waals surface area contributed by atoms with Gasteiger partial charge in [0, 0.05) is 19.6 Å². The highest BCUT2D eigenvalue weighted by Gasteiger charge is 2.14. The molecule has 1 atom stereocenters. The smallest absolute Gasteiger partial charge is 0.119 e. The van der Waals surface area contributed by atoms with Crippen molar-refractivity contribution in [2.75, 3.05) is 19.8 Å². The molecule has 1 aliphatic rings. The fraction of sp³-hybridized carbons (Fsp3) is 0.647. The van der Waals surface area contributed by atoms with Gasteiger partial charge in [-0.1, -0.05) is 26.0 Å². The Hall–Kier alpha value is -1.06. The molecule has 112 valence electrons. The van der Waals surface area contributed by atoms with E-state index in [1.54, 1.807) is 0 Å². The van der Waals surface area contributed by atoms with E-state index in [2.05, 4.69) is 43.4 Å². The Morgan fingerprint density at radius 1 is 1.30 bits per heavy atom. The molecule has 0 bridgehead atoms. The maximum Gasteiger partial charge on any atom is 0.119 e. The first kappa shape index (κ1) is 15.3. The van der Waals surface area contributed by atoms with Crippen molar-refractivity contribution < 1.29 is 9.47 Å². The van der Waals surface area contributed by atoms with Crippen molar-refractivity contribution in [3.8, 4) is 5.75 Å². The molecule has 1 unspecified atom stereocenters. The monoisotopic (exact) mass is 277 g/mol. The lowest BCUT2D eigenvalue weighted by Crippen LogP contribution is -2.18. The second-order valence-corrected chi connectivity index (χ2v) is 5.94. The zero-order chi connectivity index (χ0) is 14.2. The molecule has 3 nitrogen and oxygen atoms in total. The van der Waals surface area contributed by atoms with E-state index in [1.165, 1.54) is 18.4 Å². The van der Waals surface area contributed by atoms with Gasteiger partial charge in [0.15, 0.2) is 0 Å². The minimum absolute atomic E-state index is 0.412. The second-order valence-electron chi connectivity index (χ2n) is 5.94. The van der Waals surface area contributed by atoms with Gasteiger partial charge < -0.3 is 14.8 Å².